The van der Waals surface area contributed by atoms with Crippen LogP contribution < -0.4 is 10.2 Å². The van der Waals surface area contributed by atoms with Gasteiger partial charge in [-0.05, 0) is 66.8 Å². The van der Waals surface area contributed by atoms with E-state index in [1.807, 2.05) is 0 Å². The first-order valence-electron chi connectivity index (χ1n) is 11.8. The molecular weight excluding hydrogens is 435 g/mol. The topological polar surface area (TPSA) is 58.1 Å². The molecule has 1 aliphatic carbocycles. The molecule has 1 atom stereocenters. The number of nitrogens with zero attached hydrogens (tertiary/aromatic N) is 3. The molecule has 1 fully saturated rings. The van der Waals surface area contributed by atoms with E-state index < -0.39 is 10.8 Å². The van der Waals surface area contributed by atoms with E-state index in [0.29, 0.717) is 34.5 Å². The van der Waals surface area contributed by atoms with Crippen molar-refractivity contribution in [3.8, 4) is 0 Å². The molecule has 0 saturated carbocycles. The van der Waals surface area contributed by atoms with E-state index in [-0.39, 0.29) is 11.2 Å². The van der Waals surface area contributed by atoms with E-state index in [1.165, 1.54) is 42.5 Å². The monoisotopic (exact) mass is 462 g/mol. The molecule has 6 rings (SSSR count). The van der Waals surface area contributed by atoms with Crippen LogP contribution in [0.4, 0.5) is 21.8 Å². The quantitative estimate of drug-likeness (QED) is 0.600. The van der Waals surface area contributed by atoms with E-state index >= 15 is 0 Å². The zero-order chi connectivity index (χ0) is 22.4. The van der Waals surface area contributed by atoms with Crippen molar-refractivity contribution in [2.45, 2.75) is 48.8 Å². The molecule has 170 valence electrons. The number of halogens is 1. The molecule has 2 aromatic carbocycles. The first-order chi connectivity index (χ1) is 16.1. The van der Waals surface area contributed by atoms with E-state index in [9.17, 15) is 8.60 Å². The Morgan fingerprint density at radius 2 is 1.85 bits per heavy atom. The predicted molar refractivity (Wildman–Crippen MR) is 129 cm³/mol. The van der Waals surface area contributed by atoms with Gasteiger partial charge >= 0.3 is 0 Å². The van der Waals surface area contributed by atoms with Gasteiger partial charge in [-0.15, -0.1) is 0 Å². The second-order valence-corrected chi connectivity index (χ2v) is 10.9. The second kappa shape index (κ2) is 8.20. The highest BCUT2D eigenvalue weighted by molar-refractivity contribution is 7.85. The fourth-order valence-electron chi connectivity index (χ4n) is 5.77. The summed E-state index contributed by atoms with van der Waals surface area (Å²) < 4.78 is 26.4. The molecule has 5 nitrogen and oxygen atoms in total. The Labute approximate surface area is 195 Å². The molecule has 1 saturated heterocycles. The molecule has 1 aromatic heterocycles. The maximum atomic E-state index is 13.7. The number of hydrogen-bond donors (Lipinski definition) is 1. The maximum Gasteiger partial charge on any atom is 0.227 e. The zero-order valence-corrected chi connectivity index (χ0v) is 19.3. The number of hydrogen-bond acceptors (Lipinski definition) is 5. The number of rotatable bonds is 3. The zero-order valence-electron chi connectivity index (χ0n) is 18.5. The van der Waals surface area contributed by atoms with Crippen molar-refractivity contribution in [3.63, 3.8) is 0 Å². The highest BCUT2D eigenvalue weighted by Crippen LogP contribution is 2.45. The molecule has 0 amide bonds. The Morgan fingerprint density at radius 3 is 2.70 bits per heavy atom. The van der Waals surface area contributed by atoms with E-state index in [2.05, 4.69) is 34.5 Å². The van der Waals surface area contributed by atoms with Gasteiger partial charge in [-0.25, -0.2) is 9.37 Å². The van der Waals surface area contributed by atoms with Gasteiger partial charge in [0.2, 0.25) is 5.95 Å². The summed E-state index contributed by atoms with van der Waals surface area (Å²) in [4.78, 5) is 12.6. The molecule has 0 bridgehead atoms. The summed E-state index contributed by atoms with van der Waals surface area (Å²) in [6, 6.07) is 15.2. The molecule has 1 unspecified atom stereocenters. The van der Waals surface area contributed by atoms with Gasteiger partial charge in [-0.2, -0.15) is 4.98 Å². The smallest absolute Gasteiger partial charge is 0.227 e. The lowest BCUT2D eigenvalue weighted by atomic mass is 9.65. The fourth-order valence-corrected chi connectivity index (χ4v) is 7.08. The molecule has 33 heavy (non-hydrogen) atoms. The van der Waals surface area contributed by atoms with Crippen molar-refractivity contribution in [1.29, 1.82) is 0 Å². The third kappa shape index (κ3) is 3.72. The van der Waals surface area contributed by atoms with Gasteiger partial charge in [0.1, 0.15) is 10.7 Å². The first kappa shape index (κ1) is 20.8. The Bertz CT molecular complexity index is 1240. The summed E-state index contributed by atoms with van der Waals surface area (Å²) >= 11 is 0. The summed E-state index contributed by atoms with van der Waals surface area (Å²) in [7, 11) is -1.14. The Hall–Kier alpha value is -2.80. The van der Waals surface area contributed by atoms with Crippen LogP contribution in [0.1, 0.15) is 42.5 Å². The van der Waals surface area contributed by atoms with Crippen molar-refractivity contribution in [2.75, 3.05) is 29.1 Å². The lowest BCUT2D eigenvalue weighted by molar-refractivity contribution is 0.285. The number of anilines is 3. The van der Waals surface area contributed by atoms with Crippen LogP contribution >= 0.6 is 0 Å². The third-order valence-electron chi connectivity index (χ3n) is 7.46. The summed E-state index contributed by atoms with van der Waals surface area (Å²) in [6.45, 7) is 1.80. The standard InChI is InChI=1S/C26H27FN4OS/c27-19-7-3-8-20(17-19)28-24-23-22(10-16-33(23)32)29-25(30-24)31-14-12-26(13-15-31)11-4-6-18-5-1-2-9-21(18)26/h1-3,5,7-9,17H,4,6,10-16H2,(H,28,29,30). The number of fused-ring (bicyclic) bond motifs is 3. The molecule has 3 aromatic rings. The fraction of sp³-hybridized carbons (Fsp3) is 0.385. The van der Waals surface area contributed by atoms with Gasteiger partial charge in [-0.1, -0.05) is 30.3 Å². The predicted octanol–water partition coefficient (Wildman–Crippen LogP) is 4.90. The second-order valence-electron chi connectivity index (χ2n) is 9.36. The minimum Gasteiger partial charge on any atom is -0.341 e. The van der Waals surface area contributed by atoms with Gasteiger partial charge in [0, 0.05) is 31.0 Å². The molecule has 7 heteroatoms. The van der Waals surface area contributed by atoms with Crippen molar-refractivity contribution in [3.05, 3.63) is 71.2 Å². The lowest BCUT2D eigenvalue weighted by Crippen LogP contribution is -2.45. The van der Waals surface area contributed by atoms with Crippen molar-refractivity contribution in [2.24, 2.45) is 0 Å². The van der Waals surface area contributed by atoms with Crippen LogP contribution in [-0.2, 0) is 29.1 Å². The Balaban J connectivity index is 1.29. The number of aromatic nitrogens is 2. The van der Waals surface area contributed by atoms with Crippen LogP contribution in [0, 0.1) is 5.82 Å². The average Bonchev–Trinajstić information content (AvgIpc) is 3.21. The highest BCUT2D eigenvalue weighted by Gasteiger charge is 2.40. The van der Waals surface area contributed by atoms with Gasteiger partial charge in [0.15, 0.2) is 5.82 Å². The van der Waals surface area contributed by atoms with Gasteiger partial charge in [0.25, 0.3) is 0 Å². The number of nitrogens with one attached hydrogen (secondary N) is 1. The van der Waals surface area contributed by atoms with Crippen LogP contribution in [0.3, 0.4) is 0 Å². The molecular formula is C26H27FN4OS. The van der Waals surface area contributed by atoms with Crippen molar-refractivity contribution < 1.29 is 8.60 Å². The van der Waals surface area contributed by atoms with Crippen LogP contribution in [-0.4, -0.2) is 33.0 Å². The molecule has 2 aliphatic heterocycles. The van der Waals surface area contributed by atoms with Crippen LogP contribution in [0.5, 0.6) is 0 Å². The maximum absolute atomic E-state index is 13.7. The minimum absolute atomic E-state index is 0.256. The molecule has 1 spiro atoms. The number of aryl methyl sites for hydroxylation is 2. The summed E-state index contributed by atoms with van der Waals surface area (Å²) in [5, 5.41) is 3.21. The van der Waals surface area contributed by atoms with Crippen molar-refractivity contribution in [1.82, 2.24) is 9.97 Å². The van der Waals surface area contributed by atoms with Crippen LogP contribution in [0.15, 0.2) is 53.4 Å². The normalized spacial score (nSPS) is 21.0. The molecule has 1 N–H and O–H groups in total. The number of piperidine rings is 1. The largest absolute Gasteiger partial charge is 0.341 e. The van der Waals surface area contributed by atoms with Gasteiger partial charge < -0.3 is 10.2 Å². The molecule has 3 aliphatic rings. The molecule has 0 radical (unpaired) electrons. The van der Waals surface area contributed by atoms with Gasteiger partial charge in [-0.3, -0.25) is 4.21 Å². The average molecular weight is 463 g/mol. The van der Waals surface area contributed by atoms with E-state index in [4.69, 9.17) is 9.97 Å². The lowest BCUT2D eigenvalue weighted by Gasteiger charge is -2.45. The number of benzene rings is 2. The van der Waals surface area contributed by atoms with Crippen molar-refractivity contribution >= 4 is 28.3 Å². The first-order valence-corrected chi connectivity index (χ1v) is 13.1. The highest BCUT2D eigenvalue weighted by atomic mass is 32.2. The van der Waals surface area contributed by atoms with Gasteiger partial charge in [0.05, 0.1) is 16.5 Å². The summed E-state index contributed by atoms with van der Waals surface area (Å²) in [6.07, 6.45) is 6.53. The summed E-state index contributed by atoms with van der Waals surface area (Å²) in [5.74, 6) is 1.47. The Morgan fingerprint density at radius 1 is 1.00 bits per heavy atom. The Kier molecular flexibility index (Phi) is 5.17. The van der Waals surface area contributed by atoms with E-state index in [1.54, 1.807) is 12.1 Å². The van der Waals surface area contributed by atoms with E-state index in [0.717, 1.165) is 31.6 Å². The minimum atomic E-state index is -1.14. The third-order valence-corrected chi connectivity index (χ3v) is 8.92. The van der Waals surface area contributed by atoms with Crippen LogP contribution in [0.25, 0.3) is 0 Å². The van der Waals surface area contributed by atoms with Crippen LogP contribution in [0.2, 0.25) is 0 Å². The summed E-state index contributed by atoms with van der Waals surface area (Å²) in [5.41, 5.74) is 4.75. The SMILES string of the molecule is O=S1CCc2nc(N3CCC4(CCCc5ccccc54)CC3)nc(Nc3cccc(F)c3)c21. The molecule has 3 heterocycles.